The largest absolute Gasteiger partial charge is 0.354 e. The van der Waals surface area contributed by atoms with E-state index >= 15 is 0 Å². The van der Waals surface area contributed by atoms with Gasteiger partial charge in [-0.25, -0.2) is 9.97 Å². The number of aryl methyl sites for hydroxylation is 1. The smallest absolute Gasteiger partial charge is 0.227 e. The van der Waals surface area contributed by atoms with Crippen molar-refractivity contribution < 1.29 is 4.90 Å². The van der Waals surface area contributed by atoms with Crippen molar-refractivity contribution in [1.82, 2.24) is 19.6 Å². The predicted molar refractivity (Wildman–Crippen MR) is 108 cm³/mol. The zero-order valence-electron chi connectivity index (χ0n) is 16.0. The van der Waals surface area contributed by atoms with Crippen LogP contribution in [0.5, 0.6) is 0 Å². The second-order valence-corrected chi connectivity index (χ2v) is 8.41. The molecule has 1 atom stereocenters. The number of thiophene rings is 1. The Kier molecular flexibility index (Phi) is 5.09. The molecule has 0 spiro atoms. The zero-order valence-corrected chi connectivity index (χ0v) is 16.8. The summed E-state index contributed by atoms with van der Waals surface area (Å²) in [6.07, 6.45) is 6.50. The fourth-order valence-electron chi connectivity index (χ4n) is 4.16. The van der Waals surface area contributed by atoms with Crippen molar-refractivity contribution in [3.63, 3.8) is 0 Å². The molecule has 2 N–H and O–H groups in total. The molecule has 0 aliphatic heterocycles. The Bertz CT molecular complexity index is 894. The molecule has 0 bridgehead atoms. The van der Waals surface area contributed by atoms with E-state index in [4.69, 9.17) is 4.98 Å². The number of fused-ring (bicyclic) bond motifs is 5. The third-order valence-corrected chi connectivity index (χ3v) is 6.87. The van der Waals surface area contributed by atoms with Gasteiger partial charge in [0.25, 0.3) is 0 Å². The highest BCUT2D eigenvalue weighted by Gasteiger charge is 2.25. The van der Waals surface area contributed by atoms with Gasteiger partial charge in [-0.1, -0.05) is 6.92 Å². The molecule has 0 amide bonds. The quantitative estimate of drug-likeness (QED) is 0.625. The van der Waals surface area contributed by atoms with Crippen LogP contribution in [0.15, 0.2) is 6.33 Å². The van der Waals surface area contributed by atoms with Crippen LogP contribution in [-0.2, 0) is 6.42 Å². The summed E-state index contributed by atoms with van der Waals surface area (Å²) in [5.74, 6) is 1.41. The van der Waals surface area contributed by atoms with Gasteiger partial charge >= 0.3 is 0 Å². The highest BCUT2D eigenvalue weighted by molar-refractivity contribution is 7.19. The molecule has 26 heavy (non-hydrogen) atoms. The summed E-state index contributed by atoms with van der Waals surface area (Å²) in [6, 6.07) is 0. The number of rotatable bonds is 7. The summed E-state index contributed by atoms with van der Waals surface area (Å²) in [6.45, 7) is 11.3. The lowest BCUT2D eigenvalue weighted by Gasteiger charge is -2.18. The molecule has 3 heterocycles. The molecule has 140 valence electrons. The van der Waals surface area contributed by atoms with Crippen molar-refractivity contribution in [1.29, 1.82) is 0 Å². The number of hydrogen-bond donors (Lipinski definition) is 2. The number of quaternary nitrogens is 1. The Morgan fingerprint density at radius 1 is 1.35 bits per heavy atom. The van der Waals surface area contributed by atoms with E-state index in [1.54, 1.807) is 11.2 Å². The average Bonchev–Trinajstić information content (AvgIpc) is 3.26. The van der Waals surface area contributed by atoms with Gasteiger partial charge in [0.1, 0.15) is 11.2 Å². The SMILES string of the molecule is CC[NH+](CC)CCCNc1nc2sc3c(c2c2ncnn12)[C@H](C)CCC3. The molecule has 6 nitrogen and oxygen atoms in total. The molecule has 1 aliphatic rings. The summed E-state index contributed by atoms with van der Waals surface area (Å²) >= 11 is 1.85. The van der Waals surface area contributed by atoms with Gasteiger partial charge < -0.3 is 10.2 Å². The Morgan fingerprint density at radius 3 is 3.00 bits per heavy atom. The van der Waals surface area contributed by atoms with Gasteiger partial charge in [0.15, 0.2) is 5.65 Å². The maximum absolute atomic E-state index is 4.93. The van der Waals surface area contributed by atoms with Crippen LogP contribution in [0.3, 0.4) is 0 Å². The minimum absolute atomic E-state index is 0.589. The van der Waals surface area contributed by atoms with Crippen LogP contribution in [-0.4, -0.2) is 45.8 Å². The third-order valence-electron chi connectivity index (χ3n) is 5.71. The molecule has 0 fully saturated rings. The number of nitrogens with one attached hydrogen (secondary N) is 2. The zero-order chi connectivity index (χ0) is 18.1. The lowest BCUT2D eigenvalue weighted by molar-refractivity contribution is -0.896. The van der Waals surface area contributed by atoms with E-state index in [0.717, 1.165) is 29.4 Å². The van der Waals surface area contributed by atoms with Gasteiger partial charge in [-0.15, -0.1) is 11.3 Å². The summed E-state index contributed by atoms with van der Waals surface area (Å²) in [4.78, 5) is 13.8. The van der Waals surface area contributed by atoms with Crippen molar-refractivity contribution >= 4 is 33.1 Å². The fraction of sp³-hybridized carbons (Fsp3) is 0.632. The third kappa shape index (κ3) is 3.07. The van der Waals surface area contributed by atoms with Crippen LogP contribution in [0.25, 0.3) is 15.9 Å². The van der Waals surface area contributed by atoms with Crippen LogP contribution in [0.4, 0.5) is 5.95 Å². The minimum atomic E-state index is 0.589. The van der Waals surface area contributed by atoms with E-state index in [1.165, 1.54) is 54.7 Å². The van der Waals surface area contributed by atoms with Gasteiger partial charge in [0, 0.05) is 17.8 Å². The minimum Gasteiger partial charge on any atom is -0.354 e. The lowest BCUT2D eigenvalue weighted by atomic mass is 9.87. The normalized spacial score (nSPS) is 17.3. The van der Waals surface area contributed by atoms with Crippen molar-refractivity contribution in [3.05, 3.63) is 16.8 Å². The summed E-state index contributed by atoms with van der Waals surface area (Å²) < 4.78 is 1.89. The van der Waals surface area contributed by atoms with Gasteiger partial charge in [0.05, 0.1) is 25.0 Å². The number of hydrogen-bond acceptors (Lipinski definition) is 5. The number of aromatic nitrogens is 4. The molecular formula is C19H29N6S+. The van der Waals surface area contributed by atoms with Crippen LogP contribution in [0.1, 0.15) is 56.4 Å². The van der Waals surface area contributed by atoms with Crippen molar-refractivity contribution in [2.24, 2.45) is 0 Å². The molecule has 3 aromatic heterocycles. The Labute approximate surface area is 158 Å². The average molecular weight is 374 g/mol. The van der Waals surface area contributed by atoms with Gasteiger partial charge in [-0.2, -0.15) is 9.61 Å². The van der Waals surface area contributed by atoms with Crippen LogP contribution in [0.2, 0.25) is 0 Å². The lowest BCUT2D eigenvalue weighted by Crippen LogP contribution is -3.11. The second-order valence-electron chi connectivity index (χ2n) is 7.33. The van der Waals surface area contributed by atoms with E-state index < -0.39 is 0 Å². The molecule has 0 aromatic carbocycles. The van der Waals surface area contributed by atoms with Gasteiger partial charge in [-0.05, 0) is 44.6 Å². The standard InChI is InChI=1S/C19H28N6S/c1-4-24(5-2)11-7-10-20-19-23-18-16(17-21-12-22-25(17)19)15-13(3)8-6-9-14(15)26-18/h12-13H,4-11H2,1-3H3,(H,20,23)/p+1/t13-/m1/s1. The first kappa shape index (κ1) is 17.7. The maximum Gasteiger partial charge on any atom is 0.227 e. The first-order valence-electron chi connectivity index (χ1n) is 9.95. The second kappa shape index (κ2) is 7.48. The van der Waals surface area contributed by atoms with E-state index in [-0.39, 0.29) is 0 Å². The van der Waals surface area contributed by atoms with Crippen molar-refractivity contribution in [2.75, 3.05) is 31.5 Å². The Morgan fingerprint density at radius 2 is 2.19 bits per heavy atom. The van der Waals surface area contributed by atoms with Gasteiger partial charge in [-0.3, -0.25) is 0 Å². The van der Waals surface area contributed by atoms with Crippen LogP contribution < -0.4 is 10.2 Å². The van der Waals surface area contributed by atoms with E-state index in [2.05, 4.69) is 36.2 Å². The molecule has 0 saturated carbocycles. The highest BCUT2D eigenvalue weighted by atomic mass is 32.1. The Hall–Kier alpha value is -1.73. The predicted octanol–water partition coefficient (Wildman–Crippen LogP) is 2.51. The topological polar surface area (TPSA) is 59.5 Å². The van der Waals surface area contributed by atoms with E-state index in [1.807, 2.05) is 15.9 Å². The fourth-order valence-corrected chi connectivity index (χ4v) is 5.49. The molecule has 1 aliphatic carbocycles. The van der Waals surface area contributed by atoms with E-state index in [9.17, 15) is 0 Å². The number of nitrogens with zero attached hydrogens (tertiary/aromatic N) is 4. The molecule has 3 aromatic rings. The summed E-state index contributed by atoms with van der Waals surface area (Å²) in [5.41, 5.74) is 2.43. The van der Waals surface area contributed by atoms with Crippen LogP contribution in [0, 0.1) is 0 Å². The molecule has 7 heteroatoms. The van der Waals surface area contributed by atoms with Crippen molar-refractivity contribution in [2.45, 2.75) is 52.4 Å². The molecular weight excluding hydrogens is 344 g/mol. The molecule has 0 unspecified atom stereocenters. The van der Waals surface area contributed by atoms with Crippen molar-refractivity contribution in [3.8, 4) is 0 Å². The first-order chi connectivity index (χ1) is 12.7. The first-order valence-corrected chi connectivity index (χ1v) is 10.8. The molecule has 0 radical (unpaired) electrons. The monoisotopic (exact) mass is 373 g/mol. The molecule has 4 rings (SSSR count). The summed E-state index contributed by atoms with van der Waals surface area (Å²) in [7, 11) is 0. The summed E-state index contributed by atoms with van der Waals surface area (Å²) in [5, 5.41) is 9.18. The molecule has 0 saturated heterocycles. The highest BCUT2D eigenvalue weighted by Crippen LogP contribution is 2.43. The van der Waals surface area contributed by atoms with Crippen LogP contribution >= 0.6 is 11.3 Å². The maximum atomic E-state index is 4.93. The Balaban J connectivity index is 1.63. The van der Waals surface area contributed by atoms with E-state index in [0.29, 0.717) is 5.92 Å². The number of anilines is 1. The van der Waals surface area contributed by atoms with Gasteiger partial charge in [0.2, 0.25) is 5.95 Å².